The predicted molar refractivity (Wildman–Crippen MR) is 91.1 cm³/mol. The molecule has 2 nitrogen and oxygen atoms in total. The van der Waals surface area contributed by atoms with Gasteiger partial charge in [-0.05, 0) is 64.7 Å². The van der Waals surface area contributed by atoms with E-state index in [-0.39, 0.29) is 0 Å². The Morgan fingerprint density at radius 1 is 1.24 bits per heavy atom. The van der Waals surface area contributed by atoms with Crippen molar-refractivity contribution < 1.29 is 4.74 Å². The fourth-order valence-corrected chi connectivity index (χ4v) is 3.62. The Balaban J connectivity index is 1.69. The molecular weight excluding hydrogens is 346 g/mol. The number of ether oxygens (including phenoxy) is 1. The van der Waals surface area contributed by atoms with Crippen LogP contribution in [-0.2, 0) is 6.54 Å². The fourth-order valence-electron chi connectivity index (χ4n) is 2.08. The molecule has 0 saturated heterocycles. The van der Waals surface area contributed by atoms with E-state index in [2.05, 4.69) is 51.6 Å². The lowest BCUT2D eigenvalue weighted by Crippen LogP contribution is -2.15. The fraction of sp³-hybridized carbons (Fsp3) is 0.294. The average Bonchev–Trinajstić information content (AvgIpc) is 3.32. The molecule has 1 fully saturated rings. The summed E-state index contributed by atoms with van der Waals surface area (Å²) in [5.41, 5.74) is 1.32. The van der Waals surface area contributed by atoms with Gasteiger partial charge in [0.25, 0.3) is 0 Å². The van der Waals surface area contributed by atoms with Gasteiger partial charge in [0.05, 0.1) is 7.11 Å². The highest BCUT2D eigenvalue weighted by molar-refractivity contribution is 9.10. The largest absolute Gasteiger partial charge is 0.497 e. The molecule has 0 aliphatic heterocycles. The van der Waals surface area contributed by atoms with Crippen LogP contribution in [0.15, 0.2) is 56.7 Å². The monoisotopic (exact) mass is 363 g/mol. The second-order valence-corrected chi connectivity index (χ2v) is 7.17. The van der Waals surface area contributed by atoms with E-state index < -0.39 is 0 Å². The van der Waals surface area contributed by atoms with E-state index >= 15 is 0 Å². The lowest BCUT2D eigenvalue weighted by molar-refractivity contribution is 0.413. The van der Waals surface area contributed by atoms with Crippen molar-refractivity contribution in [3.63, 3.8) is 0 Å². The smallest absolute Gasteiger partial charge is 0.119 e. The van der Waals surface area contributed by atoms with Crippen LogP contribution < -0.4 is 10.1 Å². The van der Waals surface area contributed by atoms with Crippen LogP contribution in [-0.4, -0.2) is 13.2 Å². The molecule has 2 aromatic carbocycles. The second kappa shape index (κ2) is 6.86. The van der Waals surface area contributed by atoms with Crippen LogP contribution in [0, 0.1) is 0 Å². The highest BCUT2D eigenvalue weighted by Crippen LogP contribution is 2.35. The van der Waals surface area contributed by atoms with E-state index in [1.807, 2.05) is 12.1 Å². The molecule has 2 aromatic rings. The number of methoxy groups -OCH3 is 1. The third-order valence-electron chi connectivity index (χ3n) is 3.44. The molecule has 0 heterocycles. The summed E-state index contributed by atoms with van der Waals surface area (Å²) >= 11 is 5.42. The van der Waals surface area contributed by atoms with Crippen LogP contribution in [0.25, 0.3) is 0 Å². The first kappa shape index (κ1) is 14.9. The molecule has 1 N–H and O–H groups in total. The van der Waals surface area contributed by atoms with Crippen LogP contribution >= 0.6 is 27.7 Å². The van der Waals surface area contributed by atoms with E-state index in [9.17, 15) is 0 Å². The molecular formula is C17H18BrNOS. The Labute approximate surface area is 138 Å². The summed E-state index contributed by atoms with van der Waals surface area (Å²) in [5, 5.41) is 3.54. The Morgan fingerprint density at radius 3 is 2.81 bits per heavy atom. The number of rotatable bonds is 6. The first-order chi connectivity index (χ1) is 10.2. The molecule has 0 atom stereocenters. The van der Waals surface area contributed by atoms with Crippen LogP contribution in [0.3, 0.4) is 0 Å². The van der Waals surface area contributed by atoms with E-state index in [1.165, 1.54) is 28.2 Å². The Morgan fingerprint density at radius 2 is 2.10 bits per heavy atom. The van der Waals surface area contributed by atoms with Crippen LogP contribution in [0.1, 0.15) is 18.4 Å². The van der Waals surface area contributed by atoms with Crippen molar-refractivity contribution in [3.05, 3.63) is 52.5 Å². The number of hydrogen-bond acceptors (Lipinski definition) is 3. The van der Waals surface area contributed by atoms with E-state index in [1.54, 1.807) is 18.9 Å². The molecule has 0 unspecified atom stereocenters. The van der Waals surface area contributed by atoms with Crippen molar-refractivity contribution in [3.8, 4) is 5.75 Å². The average molecular weight is 364 g/mol. The van der Waals surface area contributed by atoms with Gasteiger partial charge in [-0.1, -0.05) is 23.9 Å². The minimum absolute atomic E-state index is 0.745. The molecule has 0 radical (unpaired) electrons. The highest BCUT2D eigenvalue weighted by Gasteiger charge is 2.19. The number of hydrogen-bond donors (Lipinski definition) is 1. The normalized spacial score (nSPS) is 14.2. The third-order valence-corrected chi connectivity index (χ3v) is 5.42. The molecule has 0 bridgehead atoms. The molecule has 0 amide bonds. The van der Waals surface area contributed by atoms with Gasteiger partial charge in [-0.25, -0.2) is 0 Å². The summed E-state index contributed by atoms with van der Waals surface area (Å²) in [6.07, 6.45) is 2.65. The summed E-state index contributed by atoms with van der Waals surface area (Å²) < 4.78 is 6.41. The summed E-state index contributed by atoms with van der Waals surface area (Å²) in [6.45, 7) is 0.952. The molecule has 21 heavy (non-hydrogen) atoms. The van der Waals surface area contributed by atoms with Gasteiger partial charge in [-0.3, -0.25) is 0 Å². The lowest BCUT2D eigenvalue weighted by atomic mass is 10.2. The van der Waals surface area contributed by atoms with Crippen molar-refractivity contribution in [2.45, 2.75) is 35.2 Å². The molecule has 1 aliphatic carbocycles. The van der Waals surface area contributed by atoms with Crippen LogP contribution in [0.4, 0.5) is 0 Å². The summed E-state index contributed by atoms with van der Waals surface area (Å²) in [7, 11) is 1.70. The molecule has 110 valence electrons. The van der Waals surface area contributed by atoms with Crippen LogP contribution in [0.5, 0.6) is 5.75 Å². The minimum Gasteiger partial charge on any atom is -0.497 e. The molecule has 1 saturated carbocycles. The number of benzene rings is 2. The summed E-state index contributed by atoms with van der Waals surface area (Å²) in [5.74, 6) is 0.890. The van der Waals surface area contributed by atoms with Gasteiger partial charge >= 0.3 is 0 Å². The van der Waals surface area contributed by atoms with Crippen molar-refractivity contribution in [2.75, 3.05) is 7.11 Å². The molecule has 0 aromatic heterocycles. The topological polar surface area (TPSA) is 21.3 Å². The van der Waals surface area contributed by atoms with Gasteiger partial charge in [-0.15, -0.1) is 0 Å². The Kier molecular flexibility index (Phi) is 4.88. The summed E-state index contributed by atoms with van der Waals surface area (Å²) in [6, 6.07) is 15.5. The maximum Gasteiger partial charge on any atom is 0.119 e. The van der Waals surface area contributed by atoms with E-state index in [0.717, 1.165) is 22.8 Å². The molecule has 3 rings (SSSR count). The van der Waals surface area contributed by atoms with Gasteiger partial charge in [-0.2, -0.15) is 0 Å². The molecule has 1 aliphatic rings. The first-order valence-corrected chi connectivity index (χ1v) is 8.69. The maximum atomic E-state index is 5.27. The van der Waals surface area contributed by atoms with Gasteiger partial charge in [0.1, 0.15) is 5.75 Å². The zero-order chi connectivity index (χ0) is 14.7. The SMILES string of the molecule is COc1cccc(Sc2ccc(CNC3CC3)cc2Br)c1. The second-order valence-electron chi connectivity index (χ2n) is 5.20. The van der Waals surface area contributed by atoms with Gasteiger partial charge in [0.15, 0.2) is 0 Å². The molecule has 0 spiro atoms. The van der Waals surface area contributed by atoms with E-state index in [0.29, 0.717) is 0 Å². The van der Waals surface area contributed by atoms with Gasteiger partial charge < -0.3 is 10.1 Å². The van der Waals surface area contributed by atoms with Crippen molar-refractivity contribution in [1.82, 2.24) is 5.32 Å². The zero-order valence-corrected chi connectivity index (χ0v) is 14.3. The Hall–Kier alpha value is -0.970. The zero-order valence-electron chi connectivity index (χ0n) is 11.9. The van der Waals surface area contributed by atoms with Gasteiger partial charge in [0, 0.05) is 26.9 Å². The first-order valence-electron chi connectivity index (χ1n) is 7.08. The molecule has 4 heteroatoms. The van der Waals surface area contributed by atoms with Crippen LogP contribution in [0.2, 0.25) is 0 Å². The summed E-state index contributed by atoms with van der Waals surface area (Å²) in [4.78, 5) is 2.40. The van der Waals surface area contributed by atoms with E-state index in [4.69, 9.17) is 4.74 Å². The predicted octanol–water partition coefficient (Wildman–Crippen LogP) is 4.86. The number of nitrogens with one attached hydrogen (secondary N) is 1. The minimum atomic E-state index is 0.745. The third kappa shape index (κ3) is 4.25. The van der Waals surface area contributed by atoms with Crippen molar-refractivity contribution in [1.29, 1.82) is 0 Å². The Bertz CT molecular complexity index is 628. The van der Waals surface area contributed by atoms with Gasteiger partial charge in [0.2, 0.25) is 0 Å². The quantitative estimate of drug-likeness (QED) is 0.791. The van der Waals surface area contributed by atoms with Crippen molar-refractivity contribution in [2.24, 2.45) is 0 Å². The maximum absolute atomic E-state index is 5.27. The lowest BCUT2D eigenvalue weighted by Gasteiger charge is -2.09. The highest BCUT2D eigenvalue weighted by atomic mass is 79.9. The van der Waals surface area contributed by atoms with Crippen molar-refractivity contribution >= 4 is 27.7 Å². The standard InChI is InChI=1S/C17H18BrNOS/c1-20-14-3-2-4-15(10-14)21-17-8-5-12(9-16(17)18)11-19-13-6-7-13/h2-5,8-10,13,19H,6-7,11H2,1H3. The number of halogens is 1.